The highest BCUT2D eigenvalue weighted by Crippen LogP contribution is 2.22. The van der Waals surface area contributed by atoms with Crippen LogP contribution in [0.1, 0.15) is 19.4 Å². The topological polar surface area (TPSA) is 103 Å². The first-order valence-corrected chi connectivity index (χ1v) is 9.94. The molecule has 0 saturated carbocycles. The molecule has 1 atom stereocenters. The lowest BCUT2D eigenvalue weighted by molar-refractivity contribution is 0.226. The Labute approximate surface area is 165 Å². The first kappa shape index (κ1) is 21.1. The second-order valence-electron chi connectivity index (χ2n) is 5.91. The molecule has 1 unspecified atom stereocenters. The van der Waals surface area contributed by atoms with Crippen molar-refractivity contribution >= 4 is 15.9 Å². The second kappa shape index (κ2) is 9.13. The highest BCUT2D eigenvalue weighted by molar-refractivity contribution is 7.90. The summed E-state index contributed by atoms with van der Waals surface area (Å²) in [5.41, 5.74) is 2.67. The molecular weight excluding hydrogens is 374 g/mol. The van der Waals surface area contributed by atoms with Crippen molar-refractivity contribution in [3.05, 3.63) is 78.5 Å². The minimum absolute atomic E-state index is 0.0187. The van der Waals surface area contributed by atoms with Gasteiger partial charge in [0.15, 0.2) is 0 Å². The maximum Gasteiger partial charge on any atom is 0.284 e. The Morgan fingerprint density at radius 3 is 2.14 bits per heavy atom. The van der Waals surface area contributed by atoms with Gasteiger partial charge in [-0.3, -0.25) is 0 Å². The Morgan fingerprint density at radius 1 is 1.18 bits per heavy atom. The molecule has 0 amide bonds. The molecular formula is C21H21N3O3S. The van der Waals surface area contributed by atoms with Crippen molar-refractivity contribution < 1.29 is 13.5 Å². The van der Waals surface area contributed by atoms with Crippen molar-refractivity contribution in [3.63, 3.8) is 0 Å². The summed E-state index contributed by atoms with van der Waals surface area (Å²) < 4.78 is 28.9. The summed E-state index contributed by atoms with van der Waals surface area (Å²) in [5.74, 6) is 0.0187. The van der Waals surface area contributed by atoms with Gasteiger partial charge in [0.05, 0.1) is 22.6 Å². The van der Waals surface area contributed by atoms with Gasteiger partial charge in [0.2, 0.25) is 0 Å². The van der Waals surface area contributed by atoms with Gasteiger partial charge in [-0.2, -0.15) is 13.7 Å². The highest BCUT2D eigenvalue weighted by Gasteiger charge is 2.15. The van der Waals surface area contributed by atoms with E-state index in [2.05, 4.69) is 22.4 Å². The van der Waals surface area contributed by atoms with Crippen molar-refractivity contribution in [2.75, 3.05) is 0 Å². The van der Waals surface area contributed by atoms with Gasteiger partial charge in [0.25, 0.3) is 10.0 Å². The molecule has 0 radical (unpaired) electrons. The number of nitriles is 1. The molecule has 0 fully saturated rings. The molecule has 0 aliphatic carbocycles. The van der Waals surface area contributed by atoms with Crippen LogP contribution >= 0.6 is 0 Å². The van der Waals surface area contributed by atoms with Crippen molar-refractivity contribution in [3.8, 4) is 17.2 Å². The standard InChI is InChI=1S/C21H21N3O3S/c1-4-20(15(3)25)23-21(5-2)24-28(26,27)19-12-10-18(11-13-19)17-8-6-16(14-22)7-9-17/h4-13,15,25H,2H2,1,3H3,(H,23,24)/b20-4-. The zero-order valence-electron chi connectivity index (χ0n) is 15.6. The van der Waals surface area contributed by atoms with Crippen LogP contribution in [0, 0.1) is 11.3 Å². The third kappa shape index (κ3) is 5.16. The largest absolute Gasteiger partial charge is 0.387 e. The number of hydrogen-bond acceptors (Lipinski definition) is 4. The van der Waals surface area contributed by atoms with E-state index in [0.717, 1.165) is 11.1 Å². The Kier molecular flexibility index (Phi) is 6.88. The van der Waals surface area contributed by atoms with E-state index < -0.39 is 16.1 Å². The summed E-state index contributed by atoms with van der Waals surface area (Å²) in [6.45, 7) is 6.83. The van der Waals surface area contributed by atoms with E-state index in [1.807, 2.05) is 0 Å². The molecule has 2 rings (SSSR count). The van der Waals surface area contributed by atoms with Crippen LogP contribution in [0.2, 0.25) is 0 Å². The molecule has 0 spiro atoms. The maximum atomic E-state index is 12.6. The summed E-state index contributed by atoms with van der Waals surface area (Å²) in [7, 11) is -3.96. The monoisotopic (exact) mass is 395 g/mol. The zero-order valence-corrected chi connectivity index (χ0v) is 16.4. The van der Waals surface area contributed by atoms with Crippen LogP contribution in [0.15, 0.2) is 82.3 Å². The predicted molar refractivity (Wildman–Crippen MR) is 110 cm³/mol. The fraction of sp³-hybridized carbons (Fsp3) is 0.143. The number of allylic oxidation sites excluding steroid dienone is 1. The molecule has 2 aromatic rings. The minimum Gasteiger partial charge on any atom is -0.387 e. The number of aliphatic hydroxyl groups is 1. The van der Waals surface area contributed by atoms with Crippen LogP contribution in [-0.4, -0.2) is 25.5 Å². The number of rotatable bonds is 6. The SMILES string of the molecule is C=C/C(=N\S(=O)(=O)c1ccc(-c2ccc(C#N)cc2)cc1)N/C(=C\C)C(C)O. The first-order chi connectivity index (χ1) is 13.3. The van der Waals surface area contributed by atoms with Gasteiger partial charge in [-0.25, -0.2) is 0 Å². The smallest absolute Gasteiger partial charge is 0.284 e. The fourth-order valence-corrected chi connectivity index (χ4v) is 3.38. The highest BCUT2D eigenvalue weighted by atomic mass is 32.2. The summed E-state index contributed by atoms with van der Waals surface area (Å²) in [4.78, 5) is 0.0325. The average molecular weight is 395 g/mol. The number of benzene rings is 2. The van der Waals surface area contributed by atoms with Gasteiger partial charge < -0.3 is 10.4 Å². The summed E-state index contributed by atoms with van der Waals surface area (Å²) in [6, 6.07) is 15.4. The van der Waals surface area contributed by atoms with Gasteiger partial charge >= 0.3 is 0 Å². The lowest BCUT2D eigenvalue weighted by Gasteiger charge is -2.13. The Bertz CT molecular complexity index is 1040. The number of amidine groups is 1. The van der Waals surface area contributed by atoms with Crippen LogP contribution < -0.4 is 5.32 Å². The molecule has 144 valence electrons. The Balaban J connectivity index is 2.29. The number of aliphatic hydroxyl groups excluding tert-OH is 1. The third-order valence-corrected chi connectivity index (χ3v) is 5.25. The number of nitrogens with zero attached hydrogens (tertiary/aromatic N) is 2. The normalized spacial score (nSPS) is 13.5. The molecule has 28 heavy (non-hydrogen) atoms. The molecule has 2 N–H and O–H groups in total. The van der Waals surface area contributed by atoms with Crippen LogP contribution in [0.25, 0.3) is 11.1 Å². The van der Waals surface area contributed by atoms with E-state index >= 15 is 0 Å². The Morgan fingerprint density at radius 2 is 1.71 bits per heavy atom. The summed E-state index contributed by atoms with van der Waals surface area (Å²) in [6.07, 6.45) is 2.10. The van der Waals surface area contributed by atoms with Crippen LogP contribution in [0.4, 0.5) is 0 Å². The van der Waals surface area contributed by atoms with E-state index in [1.54, 1.807) is 56.3 Å². The van der Waals surface area contributed by atoms with Crippen LogP contribution in [0.3, 0.4) is 0 Å². The maximum absolute atomic E-state index is 12.6. The van der Waals surface area contributed by atoms with Gasteiger partial charge in [-0.15, -0.1) is 4.40 Å². The second-order valence-corrected chi connectivity index (χ2v) is 7.52. The predicted octanol–water partition coefficient (Wildman–Crippen LogP) is 3.37. The van der Waals surface area contributed by atoms with Crippen LogP contribution in [0.5, 0.6) is 0 Å². The molecule has 0 aliphatic rings. The first-order valence-electron chi connectivity index (χ1n) is 8.50. The Hall–Kier alpha value is -3.21. The zero-order chi connectivity index (χ0) is 20.7. The van der Waals surface area contributed by atoms with Gasteiger partial charge in [-0.05, 0) is 55.3 Å². The van der Waals surface area contributed by atoms with E-state index in [9.17, 15) is 13.5 Å². The van der Waals surface area contributed by atoms with E-state index in [-0.39, 0.29) is 10.7 Å². The molecule has 0 bridgehead atoms. The quantitative estimate of drug-likeness (QED) is 0.577. The summed E-state index contributed by atoms with van der Waals surface area (Å²) in [5, 5.41) is 21.3. The van der Waals surface area contributed by atoms with Crippen molar-refractivity contribution in [2.24, 2.45) is 4.40 Å². The molecule has 2 aromatic carbocycles. The molecule has 7 heteroatoms. The minimum atomic E-state index is -3.96. The van der Waals surface area contributed by atoms with E-state index in [4.69, 9.17) is 5.26 Å². The van der Waals surface area contributed by atoms with Crippen molar-refractivity contribution in [1.82, 2.24) is 5.32 Å². The average Bonchev–Trinajstić information content (AvgIpc) is 2.70. The van der Waals surface area contributed by atoms with Crippen molar-refractivity contribution in [2.45, 2.75) is 24.8 Å². The summed E-state index contributed by atoms with van der Waals surface area (Å²) >= 11 is 0. The molecule has 0 saturated heterocycles. The van der Waals surface area contributed by atoms with Crippen molar-refractivity contribution in [1.29, 1.82) is 5.26 Å². The molecule has 0 heterocycles. The molecule has 0 aromatic heterocycles. The number of nitrogens with one attached hydrogen (secondary N) is 1. The van der Waals surface area contributed by atoms with E-state index in [1.165, 1.54) is 18.2 Å². The fourth-order valence-electron chi connectivity index (χ4n) is 2.42. The van der Waals surface area contributed by atoms with E-state index in [0.29, 0.717) is 11.3 Å². The lowest BCUT2D eigenvalue weighted by atomic mass is 10.0. The number of hydrogen-bond donors (Lipinski definition) is 2. The van der Waals surface area contributed by atoms with Crippen LogP contribution in [-0.2, 0) is 10.0 Å². The number of sulfonamides is 1. The molecule has 6 nitrogen and oxygen atoms in total. The lowest BCUT2D eigenvalue weighted by Crippen LogP contribution is -2.27. The van der Waals surface area contributed by atoms with Gasteiger partial charge in [0, 0.05) is 5.70 Å². The molecule has 0 aliphatic heterocycles. The third-order valence-electron chi connectivity index (χ3n) is 3.94. The van der Waals surface area contributed by atoms with Gasteiger partial charge in [-0.1, -0.05) is 36.9 Å². The van der Waals surface area contributed by atoms with Gasteiger partial charge in [0.1, 0.15) is 5.84 Å².